The van der Waals surface area contributed by atoms with Crippen LogP contribution >= 0.6 is 11.6 Å². The van der Waals surface area contributed by atoms with Gasteiger partial charge in [-0.25, -0.2) is 0 Å². The highest BCUT2D eigenvalue weighted by Gasteiger charge is 2.58. The molecule has 1 N–H and O–H groups in total. The molecule has 0 saturated carbocycles. The van der Waals surface area contributed by atoms with Gasteiger partial charge in [-0.3, -0.25) is 14.5 Å². The summed E-state index contributed by atoms with van der Waals surface area (Å²) in [7, 11) is -2.94. The number of amides is 2. The maximum absolute atomic E-state index is 14.4. The lowest BCUT2D eigenvalue weighted by Gasteiger charge is -2.44. The average Bonchev–Trinajstić information content (AvgIpc) is 3.75. The molecule has 2 amide bonds. The number of aromatic hydroxyl groups is 1. The van der Waals surface area contributed by atoms with Gasteiger partial charge in [0, 0.05) is 5.92 Å². The van der Waals surface area contributed by atoms with E-state index in [1.807, 2.05) is 66.7 Å². The Hall–Kier alpha value is -5.05. The number of carbonyl (C=O) groups is 2. The van der Waals surface area contributed by atoms with E-state index in [0.717, 1.165) is 27.8 Å². The van der Waals surface area contributed by atoms with Crippen molar-refractivity contribution in [3.8, 4) is 5.75 Å². The molecule has 5 aromatic carbocycles. The van der Waals surface area contributed by atoms with Crippen molar-refractivity contribution in [1.82, 2.24) is 0 Å². The topological polar surface area (TPSA) is 76.1 Å². The highest BCUT2D eigenvalue weighted by atomic mass is 35.5. The highest BCUT2D eigenvalue weighted by molar-refractivity contribution is 6.99. The Kier molecular flexibility index (Phi) is 10.9. The third-order valence-electron chi connectivity index (χ3n) is 12.0. The monoisotopic (exact) mass is 793 g/mol. The van der Waals surface area contributed by atoms with E-state index in [9.17, 15) is 14.7 Å². The van der Waals surface area contributed by atoms with Crippen molar-refractivity contribution in [1.29, 1.82) is 0 Å². The van der Waals surface area contributed by atoms with Crippen LogP contribution in [0.2, 0.25) is 10.1 Å². The standard InChI is InChI=1S/C49H48ClNO5Si/c1-49(2,3)57(39-20-12-6-13-21-39,40-22-14-7-15-23-40)56-31-36-29-41-46(48(54)51(47(41)53)37-18-10-5-11-19-37)42-32-55-44(45(36)42)27-25-34(33-16-8-4-9-17-33)28-35-24-26-38(52)30-43(35)50/h4-24,26,28,30,41-42,44,46,52H,25,27,29,31-32H2,1-3H3/b34-28-/t41-,42+,44-,46-/m1/s1. The first kappa shape index (κ1) is 38.8. The molecule has 8 rings (SSSR count). The van der Waals surface area contributed by atoms with Gasteiger partial charge in [0.1, 0.15) is 5.75 Å². The van der Waals surface area contributed by atoms with Gasteiger partial charge in [0.15, 0.2) is 0 Å². The molecular weight excluding hydrogens is 746 g/mol. The number of imide groups is 1. The van der Waals surface area contributed by atoms with Crippen LogP contribution in [0.3, 0.4) is 0 Å². The van der Waals surface area contributed by atoms with Crippen LogP contribution in [0.1, 0.15) is 51.2 Å². The summed E-state index contributed by atoms with van der Waals surface area (Å²) in [5, 5.41) is 12.6. The lowest BCUT2D eigenvalue weighted by atomic mass is 9.69. The number of phenols is 1. The van der Waals surface area contributed by atoms with E-state index in [4.69, 9.17) is 20.8 Å². The lowest BCUT2D eigenvalue weighted by Crippen LogP contribution is -2.66. The molecule has 2 aliphatic heterocycles. The van der Waals surface area contributed by atoms with Crippen LogP contribution in [-0.2, 0) is 18.8 Å². The molecule has 4 atom stereocenters. The number of benzene rings is 5. The number of halogens is 1. The minimum atomic E-state index is -2.94. The average molecular weight is 794 g/mol. The Balaban J connectivity index is 1.20. The molecule has 8 heteroatoms. The summed E-state index contributed by atoms with van der Waals surface area (Å²) in [5.41, 5.74) is 5.75. The molecule has 6 nitrogen and oxygen atoms in total. The Morgan fingerprint density at radius 3 is 2.02 bits per heavy atom. The molecule has 5 aromatic rings. The van der Waals surface area contributed by atoms with Gasteiger partial charge in [-0.15, -0.1) is 0 Å². The molecule has 2 heterocycles. The second kappa shape index (κ2) is 16.1. The highest BCUT2D eigenvalue weighted by Crippen LogP contribution is 2.51. The number of carbonyl (C=O) groups excluding carboxylic acids is 2. The van der Waals surface area contributed by atoms with Crippen LogP contribution in [0, 0.1) is 17.8 Å². The number of anilines is 1. The molecule has 1 aliphatic carbocycles. The molecule has 0 aromatic heterocycles. The van der Waals surface area contributed by atoms with Crippen LogP contribution in [-0.4, -0.2) is 44.6 Å². The number of hydrogen-bond donors (Lipinski definition) is 1. The summed E-state index contributed by atoms with van der Waals surface area (Å²) in [6.45, 7) is 7.51. The fraction of sp³-hybridized carbons (Fsp3) is 0.265. The van der Waals surface area contributed by atoms with E-state index in [1.165, 1.54) is 15.3 Å². The number of fused-ring (bicyclic) bond motifs is 3. The van der Waals surface area contributed by atoms with Crippen LogP contribution in [0.15, 0.2) is 151 Å². The quantitative estimate of drug-likeness (QED) is 0.0625. The maximum atomic E-state index is 14.4. The number of para-hydroxylation sites is 1. The third-order valence-corrected chi connectivity index (χ3v) is 17.3. The molecule has 57 heavy (non-hydrogen) atoms. The van der Waals surface area contributed by atoms with Crippen LogP contribution < -0.4 is 15.3 Å². The van der Waals surface area contributed by atoms with E-state index in [2.05, 4.69) is 87.5 Å². The normalized spacial score (nSPS) is 21.2. The molecule has 0 unspecified atom stereocenters. The van der Waals surface area contributed by atoms with E-state index in [-0.39, 0.29) is 34.6 Å². The number of phenolic OH excluding ortho intramolecular Hbond substituents is 1. The molecule has 2 fully saturated rings. The van der Waals surface area contributed by atoms with Crippen LogP contribution in [0.5, 0.6) is 5.75 Å². The SMILES string of the molecule is CC(C)(C)[Si](OCC1=C2[C@@H](CC/C(=C/c3ccc(O)cc3Cl)c3ccccc3)OC[C@@H]2[C@@H]2C(=O)N(c3ccccc3)C(=O)[C@@H]2C1)(c1ccccc1)c1ccccc1. The number of nitrogens with zero attached hydrogens (tertiary/aromatic N) is 1. The van der Waals surface area contributed by atoms with E-state index < -0.39 is 20.2 Å². The van der Waals surface area contributed by atoms with Crippen LogP contribution in [0.25, 0.3) is 11.6 Å². The predicted molar refractivity (Wildman–Crippen MR) is 231 cm³/mol. The first-order chi connectivity index (χ1) is 27.6. The summed E-state index contributed by atoms with van der Waals surface area (Å²) < 4.78 is 14.3. The fourth-order valence-corrected chi connectivity index (χ4v) is 14.2. The summed E-state index contributed by atoms with van der Waals surface area (Å²) in [5.74, 6) is -1.43. The number of allylic oxidation sites excluding steroid dienone is 1. The molecule has 0 bridgehead atoms. The van der Waals surface area contributed by atoms with E-state index in [1.54, 1.807) is 12.1 Å². The molecule has 3 aliphatic rings. The molecule has 2 saturated heterocycles. The van der Waals surface area contributed by atoms with Crippen molar-refractivity contribution in [3.05, 3.63) is 167 Å². The smallest absolute Gasteiger partial charge is 0.261 e. The van der Waals surface area contributed by atoms with Crippen molar-refractivity contribution in [3.63, 3.8) is 0 Å². The van der Waals surface area contributed by atoms with Crippen molar-refractivity contribution in [2.24, 2.45) is 17.8 Å². The second-order valence-electron chi connectivity index (χ2n) is 16.4. The first-order valence-corrected chi connectivity index (χ1v) is 22.1. The van der Waals surface area contributed by atoms with Gasteiger partial charge >= 0.3 is 0 Å². The minimum absolute atomic E-state index is 0.116. The minimum Gasteiger partial charge on any atom is -0.508 e. The van der Waals surface area contributed by atoms with Gasteiger partial charge in [0.05, 0.1) is 41.9 Å². The maximum Gasteiger partial charge on any atom is 0.261 e. The van der Waals surface area contributed by atoms with Gasteiger partial charge in [-0.2, -0.15) is 0 Å². The summed E-state index contributed by atoms with van der Waals surface area (Å²) >= 11 is 6.61. The molecule has 0 radical (unpaired) electrons. The Bertz CT molecular complexity index is 2270. The van der Waals surface area contributed by atoms with Gasteiger partial charge in [-0.1, -0.05) is 142 Å². The van der Waals surface area contributed by atoms with Gasteiger partial charge in [0.2, 0.25) is 11.8 Å². The molecule has 290 valence electrons. The van der Waals surface area contributed by atoms with Crippen LogP contribution in [0.4, 0.5) is 5.69 Å². The predicted octanol–water partition coefficient (Wildman–Crippen LogP) is 9.46. The van der Waals surface area contributed by atoms with Crippen molar-refractivity contribution in [2.45, 2.75) is 51.2 Å². The van der Waals surface area contributed by atoms with E-state index in [0.29, 0.717) is 43.2 Å². The van der Waals surface area contributed by atoms with Crippen molar-refractivity contribution >= 4 is 59.4 Å². The number of ether oxygens (including phenoxy) is 1. The van der Waals surface area contributed by atoms with Crippen molar-refractivity contribution in [2.75, 3.05) is 18.1 Å². The number of rotatable bonds is 11. The zero-order valence-corrected chi connectivity index (χ0v) is 34.4. The Morgan fingerprint density at radius 2 is 1.42 bits per heavy atom. The zero-order valence-electron chi connectivity index (χ0n) is 32.6. The van der Waals surface area contributed by atoms with Crippen molar-refractivity contribution < 1.29 is 23.9 Å². The van der Waals surface area contributed by atoms with Gasteiger partial charge in [0.25, 0.3) is 8.32 Å². The summed E-state index contributed by atoms with van der Waals surface area (Å²) in [4.78, 5) is 30.1. The number of hydrogen-bond acceptors (Lipinski definition) is 5. The largest absolute Gasteiger partial charge is 0.508 e. The molecule has 0 spiro atoms. The first-order valence-electron chi connectivity index (χ1n) is 19.8. The summed E-state index contributed by atoms with van der Waals surface area (Å²) in [6, 6.07) is 45.7. The van der Waals surface area contributed by atoms with E-state index >= 15 is 0 Å². The molecular formula is C49H48ClNO5Si. The Labute approximate surface area is 341 Å². The second-order valence-corrected chi connectivity index (χ2v) is 21.1. The summed E-state index contributed by atoms with van der Waals surface area (Å²) in [6.07, 6.45) is 3.57. The lowest BCUT2D eigenvalue weighted by molar-refractivity contribution is -0.122. The fourth-order valence-electron chi connectivity index (χ4n) is 9.45. The van der Waals surface area contributed by atoms with Gasteiger partial charge < -0.3 is 14.3 Å². The zero-order chi connectivity index (χ0) is 39.7. The van der Waals surface area contributed by atoms with Gasteiger partial charge in [-0.05, 0) is 98.9 Å². The Morgan fingerprint density at radius 1 is 0.825 bits per heavy atom. The third kappa shape index (κ3) is 7.34.